The van der Waals surface area contributed by atoms with E-state index in [2.05, 4.69) is 10.0 Å². The summed E-state index contributed by atoms with van der Waals surface area (Å²) < 4.78 is 38.4. The van der Waals surface area contributed by atoms with E-state index in [4.69, 9.17) is 9.47 Å². The first-order valence-corrected chi connectivity index (χ1v) is 12.2. The van der Waals surface area contributed by atoms with Crippen LogP contribution in [0.4, 0.5) is 5.69 Å². The molecule has 10 heteroatoms. The molecule has 0 spiro atoms. The number of amides is 2. The van der Waals surface area contributed by atoms with E-state index < -0.39 is 16.1 Å². The molecule has 1 aliphatic heterocycles. The number of likely N-dealkylation sites (tertiary alicyclic amines) is 1. The van der Waals surface area contributed by atoms with Gasteiger partial charge in [0.15, 0.2) is 11.5 Å². The number of nitrogens with zero attached hydrogens (tertiary/aromatic N) is 1. The van der Waals surface area contributed by atoms with Crippen molar-refractivity contribution < 1.29 is 27.5 Å². The summed E-state index contributed by atoms with van der Waals surface area (Å²) in [5.74, 6) is 0.327. The molecule has 0 aliphatic carbocycles. The zero-order chi connectivity index (χ0) is 24.0. The monoisotopic (exact) mass is 475 g/mol. The van der Waals surface area contributed by atoms with Gasteiger partial charge in [-0.1, -0.05) is 6.92 Å². The number of rotatable bonds is 9. The fraction of sp³-hybridized carbons (Fsp3) is 0.391. The summed E-state index contributed by atoms with van der Waals surface area (Å²) in [6, 6.07) is 9.96. The van der Waals surface area contributed by atoms with Crippen LogP contribution in [-0.4, -0.2) is 58.5 Å². The maximum atomic E-state index is 13.0. The van der Waals surface area contributed by atoms with Crippen LogP contribution in [0, 0.1) is 0 Å². The van der Waals surface area contributed by atoms with Crippen molar-refractivity contribution in [2.45, 2.75) is 37.1 Å². The van der Waals surface area contributed by atoms with Crippen molar-refractivity contribution in [1.82, 2.24) is 10.2 Å². The van der Waals surface area contributed by atoms with Gasteiger partial charge in [0.2, 0.25) is 5.91 Å². The van der Waals surface area contributed by atoms with E-state index in [1.54, 1.807) is 17.0 Å². The minimum absolute atomic E-state index is 0.0123. The second kappa shape index (κ2) is 10.6. The predicted octanol–water partition coefficient (Wildman–Crippen LogP) is 2.64. The van der Waals surface area contributed by atoms with E-state index in [1.165, 1.54) is 44.6 Å². The SMILES string of the molecule is CCCNC(=O)[C@@H]1CCCN1C(=O)c1ccc(NS(=O)(=O)c2ccc(OC)c(OC)c2)cc1. The van der Waals surface area contributed by atoms with Gasteiger partial charge >= 0.3 is 0 Å². The number of benzene rings is 2. The summed E-state index contributed by atoms with van der Waals surface area (Å²) in [5.41, 5.74) is 0.694. The van der Waals surface area contributed by atoms with Gasteiger partial charge in [-0.3, -0.25) is 14.3 Å². The number of anilines is 1. The summed E-state index contributed by atoms with van der Waals surface area (Å²) in [6.07, 6.45) is 2.22. The Balaban J connectivity index is 1.72. The molecule has 2 N–H and O–H groups in total. The number of hydrogen-bond acceptors (Lipinski definition) is 6. The number of ether oxygens (including phenoxy) is 2. The molecular formula is C23H29N3O6S. The van der Waals surface area contributed by atoms with Gasteiger partial charge in [-0.25, -0.2) is 8.42 Å². The zero-order valence-electron chi connectivity index (χ0n) is 19.0. The van der Waals surface area contributed by atoms with E-state index >= 15 is 0 Å². The average molecular weight is 476 g/mol. The van der Waals surface area contributed by atoms with Gasteiger partial charge in [-0.05, 0) is 55.7 Å². The number of carbonyl (C=O) groups excluding carboxylic acids is 2. The van der Waals surface area contributed by atoms with Crippen LogP contribution in [0.1, 0.15) is 36.5 Å². The van der Waals surface area contributed by atoms with Crippen molar-refractivity contribution in [3.05, 3.63) is 48.0 Å². The Bertz CT molecular complexity index is 1100. The van der Waals surface area contributed by atoms with Gasteiger partial charge < -0.3 is 19.7 Å². The van der Waals surface area contributed by atoms with Crippen LogP contribution in [0.15, 0.2) is 47.4 Å². The lowest BCUT2D eigenvalue weighted by Gasteiger charge is -2.24. The molecule has 1 saturated heterocycles. The molecule has 0 saturated carbocycles. The molecule has 0 radical (unpaired) electrons. The highest BCUT2D eigenvalue weighted by molar-refractivity contribution is 7.92. The standard InChI is InChI=1S/C23H29N3O6S/c1-4-13-24-22(27)19-6-5-14-26(19)23(28)16-7-9-17(10-8-16)25-33(29,30)18-11-12-20(31-2)21(15-18)32-3/h7-12,15,19,25H,4-6,13-14H2,1-3H3,(H,24,27)/t19-/m0/s1. The molecule has 1 heterocycles. The number of sulfonamides is 1. The molecule has 1 aliphatic rings. The molecule has 0 aromatic heterocycles. The summed E-state index contributed by atoms with van der Waals surface area (Å²) in [4.78, 5) is 26.9. The molecule has 178 valence electrons. The van der Waals surface area contributed by atoms with Crippen LogP contribution >= 0.6 is 0 Å². The molecule has 0 unspecified atom stereocenters. The van der Waals surface area contributed by atoms with Gasteiger partial charge in [0, 0.05) is 30.4 Å². The quantitative estimate of drug-likeness (QED) is 0.576. The second-order valence-electron chi connectivity index (χ2n) is 7.65. The second-order valence-corrected chi connectivity index (χ2v) is 9.33. The van der Waals surface area contributed by atoms with Crippen molar-refractivity contribution in [1.29, 1.82) is 0 Å². The van der Waals surface area contributed by atoms with E-state index in [1.807, 2.05) is 6.92 Å². The average Bonchev–Trinajstić information content (AvgIpc) is 3.32. The summed E-state index contributed by atoms with van der Waals surface area (Å²) in [7, 11) is -0.989. The van der Waals surface area contributed by atoms with Crippen LogP contribution in [0.2, 0.25) is 0 Å². The fourth-order valence-corrected chi connectivity index (χ4v) is 4.77. The predicted molar refractivity (Wildman–Crippen MR) is 124 cm³/mol. The normalized spacial score (nSPS) is 15.7. The lowest BCUT2D eigenvalue weighted by atomic mass is 10.1. The Hall–Kier alpha value is -3.27. The fourth-order valence-electron chi connectivity index (χ4n) is 3.69. The van der Waals surface area contributed by atoms with Gasteiger partial charge in [0.1, 0.15) is 6.04 Å². The largest absolute Gasteiger partial charge is 0.493 e. The molecular weight excluding hydrogens is 446 g/mol. The Morgan fingerprint density at radius 3 is 2.39 bits per heavy atom. The van der Waals surface area contributed by atoms with E-state index in [-0.39, 0.29) is 16.7 Å². The molecule has 1 atom stereocenters. The minimum Gasteiger partial charge on any atom is -0.493 e. The van der Waals surface area contributed by atoms with Gasteiger partial charge in [0.05, 0.1) is 19.1 Å². The van der Waals surface area contributed by atoms with Crippen molar-refractivity contribution in [3.63, 3.8) is 0 Å². The zero-order valence-corrected chi connectivity index (χ0v) is 19.8. The van der Waals surface area contributed by atoms with Crippen LogP contribution in [0.25, 0.3) is 0 Å². The van der Waals surface area contributed by atoms with Crippen LogP contribution < -0.4 is 19.5 Å². The van der Waals surface area contributed by atoms with Crippen molar-refractivity contribution in [2.75, 3.05) is 32.0 Å². The highest BCUT2D eigenvalue weighted by Crippen LogP contribution is 2.30. The smallest absolute Gasteiger partial charge is 0.262 e. The molecule has 2 aromatic rings. The third-order valence-corrected chi connectivity index (χ3v) is 6.79. The molecule has 1 fully saturated rings. The molecule has 3 rings (SSSR count). The maximum absolute atomic E-state index is 13.0. The van der Waals surface area contributed by atoms with Crippen LogP contribution in [0.5, 0.6) is 11.5 Å². The Labute approximate surface area is 194 Å². The van der Waals surface area contributed by atoms with Crippen LogP contribution in [0.3, 0.4) is 0 Å². The number of carbonyl (C=O) groups is 2. The first-order chi connectivity index (χ1) is 15.8. The third-order valence-electron chi connectivity index (χ3n) is 5.41. The van der Waals surface area contributed by atoms with Gasteiger partial charge in [-0.15, -0.1) is 0 Å². The van der Waals surface area contributed by atoms with E-state index in [0.29, 0.717) is 42.3 Å². The van der Waals surface area contributed by atoms with Crippen molar-refractivity contribution >= 4 is 27.5 Å². The Morgan fingerprint density at radius 2 is 1.76 bits per heavy atom. The number of nitrogens with one attached hydrogen (secondary N) is 2. The van der Waals surface area contributed by atoms with Crippen LogP contribution in [-0.2, 0) is 14.8 Å². The van der Waals surface area contributed by atoms with Gasteiger partial charge in [0.25, 0.3) is 15.9 Å². The minimum atomic E-state index is -3.88. The first-order valence-electron chi connectivity index (χ1n) is 10.7. The van der Waals surface area contributed by atoms with Gasteiger partial charge in [-0.2, -0.15) is 0 Å². The third kappa shape index (κ3) is 5.57. The lowest BCUT2D eigenvalue weighted by Crippen LogP contribution is -2.46. The first kappa shape index (κ1) is 24.4. The highest BCUT2D eigenvalue weighted by atomic mass is 32.2. The molecule has 9 nitrogen and oxygen atoms in total. The highest BCUT2D eigenvalue weighted by Gasteiger charge is 2.34. The van der Waals surface area contributed by atoms with Crippen molar-refractivity contribution in [3.8, 4) is 11.5 Å². The molecule has 2 amide bonds. The van der Waals surface area contributed by atoms with E-state index in [9.17, 15) is 18.0 Å². The molecule has 2 aromatic carbocycles. The number of hydrogen-bond donors (Lipinski definition) is 2. The Morgan fingerprint density at radius 1 is 1.06 bits per heavy atom. The summed E-state index contributed by atoms with van der Waals surface area (Å²) >= 11 is 0. The maximum Gasteiger partial charge on any atom is 0.262 e. The summed E-state index contributed by atoms with van der Waals surface area (Å²) in [6.45, 7) is 3.06. The Kier molecular flexibility index (Phi) is 7.80. The molecule has 33 heavy (non-hydrogen) atoms. The summed E-state index contributed by atoms with van der Waals surface area (Å²) in [5, 5.41) is 2.85. The lowest BCUT2D eigenvalue weighted by molar-refractivity contribution is -0.124. The van der Waals surface area contributed by atoms with Crippen molar-refractivity contribution in [2.24, 2.45) is 0 Å². The molecule has 0 bridgehead atoms. The topological polar surface area (TPSA) is 114 Å². The van der Waals surface area contributed by atoms with E-state index in [0.717, 1.165) is 12.8 Å². The number of methoxy groups -OCH3 is 2.